The molecule has 0 atom stereocenters. The Labute approximate surface area is 129 Å². The number of hydrogen-bond acceptors (Lipinski definition) is 3. The molecule has 0 aliphatic heterocycles. The molecule has 106 valence electrons. The van der Waals surface area contributed by atoms with Gasteiger partial charge in [0.1, 0.15) is 11.0 Å². The SMILES string of the molecule is Cc1cc(NC(=O)c2cc3ccc(F)cc3s2)cnc1Cl. The van der Waals surface area contributed by atoms with Crippen molar-refractivity contribution in [3.8, 4) is 0 Å². The highest BCUT2D eigenvalue weighted by atomic mass is 35.5. The molecular weight excluding hydrogens is 311 g/mol. The van der Waals surface area contributed by atoms with Gasteiger partial charge in [-0.1, -0.05) is 17.7 Å². The van der Waals surface area contributed by atoms with Crippen LogP contribution in [0.4, 0.5) is 10.1 Å². The van der Waals surface area contributed by atoms with Gasteiger partial charge in [-0.15, -0.1) is 11.3 Å². The molecule has 2 aromatic heterocycles. The van der Waals surface area contributed by atoms with E-state index < -0.39 is 0 Å². The van der Waals surface area contributed by atoms with Gasteiger partial charge in [0, 0.05) is 4.70 Å². The van der Waals surface area contributed by atoms with E-state index >= 15 is 0 Å². The van der Waals surface area contributed by atoms with Crippen LogP contribution in [0.3, 0.4) is 0 Å². The van der Waals surface area contributed by atoms with E-state index in [1.807, 2.05) is 6.92 Å². The number of fused-ring (bicyclic) bond motifs is 1. The van der Waals surface area contributed by atoms with Crippen LogP contribution in [0, 0.1) is 12.7 Å². The summed E-state index contributed by atoms with van der Waals surface area (Å²) in [6, 6.07) is 7.95. The number of halogens is 2. The molecule has 0 fully saturated rings. The van der Waals surface area contributed by atoms with E-state index in [1.165, 1.54) is 29.7 Å². The molecule has 0 spiro atoms. The summed E-state index contributed by atoms with van der Waals surface area (Å²) in [6.45, 7) is 1.81. The number of benzene rings is 1. The number of amides is 1. The Morgan fingerprint density at radius 1 is 1.33 bits per heavy atom. The summed E-state index contributed by atoms with van der Waals surface area (Å²) in [7, 11) is 0. The number of anilines is 1. The van der Waals surface area contributed by atoms with Crippen LogP contribution >= 0.6 is 22.9 Å². The molecule has 0 unspecified atom stereocenters. The fourth-order valence-corrected chi connectivity index (χ4v) is 3.02. The number of thiophene rings is 1. The molecule has 0 bridgehead atoms. The summed E-state index contributed by atoms with van der Waals surface area (Å²) in [4.78, 5) is 16.7. The van der Waals surface area contributed by atoms with Crippen molar-refractivity contribution in [2.24, 2.45) is 0 Å². The number of aromatic nitrogens is 1. The number of nitrogens with one attached hydrogen (secondary N) is 1. The molecule has 2 heterocycles. The zero-order valence-corrected chi connectivity index (χ0v) is 12.6. The summed E-state index contributed by atoms with van der Waals surface area (Å²) in [5, 5.41) is 4.01. The standard InChI is InChI=1S/C15H10ClFN2OS/c1-8-4-11(7-18-14(8)16)19-15(20)13-5-9-2-3-10(17)6-12(9)21-13/h2-7H,1H3,(H,19,20). The van der Waals surface area contributed by atoms with Crippen molar-refractivity contribution in [2.45, 2.75) is 6.92 Å². The molecule has 0 aliphatic rings. The van der Waals surface area contributed by atoms with Crippen molar-refractivity contribution >= 4 is 44.6 Å². The van der Waals surface area contributed by atoms with Crippen molar-refractivity contribution in [2.75, 3.05) is 5.32 Å². The van der Waals surface area contributed by atoms with Gasteiger partial charge >= 0.3 is 0 Å². The number of carbonyl (C=O) groups excluding carboxylic acids is 1. The van der Waals surface area contributed by atoms with E-state index in [1.54, 1.807) is 18.2 Å². The lowest BCUT2D eigenvalue weighted by Gasteiger charge is -2.04. The molecule has 0 radical (unpaired) electrons. The van der Waals surface area contributed by atoms with Crippen LogP contribution in [0.5, 0.6) is 0 Å². The van der Waals surface area contributed by atoms with Gasteiger partial charge in [-0.05, 0) is 42.1 Å². The third-order valence-electron chi connectivity index (χ3n) is 2.98. The summed E-state index contributed by atoms with van der Waals surface area (Å²) in [5.74, 6) is -0.561. The van der Waals surface area contributed by atoms with Crippen LogP contribution in [-0.2, 0) is 0 Å². The third-order valence-corrected chi connectivity index (χ3v) is 4.47. The topological polar surface area (TPSA) is 42.0 Å². The highest BCUT2D eigenvalue weighted by Crippen LogP contribution is 2.27. The van der Waals surface area contributed by atoms with E-state index in [2.05, 4.69) is 10.3 Å². The number of pyridine rings is 1. The Kier molecular flexibility index (Phi) is 3.61. The molecule has 1 aromatic carbocycles. The van der Waals surface area contributed by atoms with Gasteiger partial charge in [-0.25, -0.2) is 9.37 Å². The Hall–Kier alpha value is -1.98. The molecule has 21 heavy (non-hydrogen) atoms. The highest BCUT2D eigenvalue weighted by molar-refractivity contribution is 7.20. The van der Waals surface area contributed by atoms with Gasteiger partial charge in [-0.2, -0.15) is 0 Å². The number of hydrogen-bond donors (Lipinski definition) is 1. The minimum atomic E-state index is -0.311. The Morgan fingerprint density at radius 2 is 2.14 bits per heavy atom. The van der Waals surface area contributed by atoms with Crippen LogP contribution in [0.15, 0.2) is 36.5 Å². The summed E-state index contributed by atoms with van der Waals surface area (Å²) in [6.07, 6.45) is 1.50. The quantitative estimate of drug-likeness (QED) is 0.698. The first-order chi connectivity index (χ1) is 10.0. The number of aryl methyl sites for hydroxylation is 1. The molecule has 0 aliphatic carbocycles. The molecule has 3 aromatic rings. The second-order valence-corrected chi connectivity index (χ2v) is 6.02. The maximum atomic E-state index is 13.2. The Morgan fingerprint density at radius 3 is 2.90 bits per heavy atom. The van der Waals surface area contributed by atoms with Gasteiger partial charge in [0.15, 0.2) is 0 Å². The first-order valence-electron chi connectivity index (χ1n) is 6.15. The molecule has 6 heteroatoms. The monoisotopic (exact) mass is 320 g/mol. The molecule has 3 rings (SSSR count). The molecule has 1 amide bonds. The number of carbonyl (C=O) groups is 1. The predicted molar refractivity (Wildman–Crippen MR) is 83.7 cm³/mol. The molecule has 0 saturated carbocycles. The van der Waals surface area contributed by atoms with Gasteiger partial charge in [-0.3, -0.25) is 4.79 Å². The van der Waals surface area contributed by atoms with Crippen molar-refractivity contribution in [1.82, 2.24) is 4.98 Å². The van der Waals surface area contributed by atoms with E-state index in [0.717, 1.165) is 15.6 Å². The summed E-state index contributed by atoms with van der Waals surface area (Å²) in [5.41, 5.74) is 1.36. The third kappa shape index (κ3) is 2.89. The van der Waals surface area contributed by atoms with Crippen LogP contribution in [0.1, 0.15) is 15.2 Å². The summed E-state index contributed by atoms with van der Waals surface area (Å²) >= 11 is 7.09. The molecule has 1 N–H and O–H groups in total. The average molecular weight is 321 g/mol. The zero-order chi connectivity index (χ0) is 15.0. The number of rotatable bonds is 2. The van der Waals surface area contributed by atoms with Gasteiger partial charge < -0.3 is 5.32 Å². The maximum Gasteiger partial charge on any atom is 0.265 e. The van der Waals surface area contributed by atoms with Crippen molar-refractivity contribution in [3.63, 3.8) is 0 Å². The van der Waals surface area contributed by atoms with Crippen LogP contribution in [0.2, 0.25) is 5.15 Å². The fourth-order valence-electron chi connectivity index (χ4n) is 1.94. The zero-order valence-electron chi connectivity index (χ0n) is 11.0. The van der Waals surface area contributed by atoms with Crippen molar-refractivity contribution in [3.05, 3.63) is 57.9 Å². The minimum Gasteiger partial charge on any atom is -0.320 e. The molecule has 3 nitrogen and oxygen atoms in total. The smallest absolute Gasteiger partial charge is 0.265 e. The average Bonchev–Trinajstić information content (AvgIpc) is 2.86. The van der Waals surface area contributed by atoms with Gasteiger partial charge in [0.05, 0.1) is 16.8 Å². The molecule has 0 saturated heterocycles. The Balaban J connectivity index is 1.87. The van der Waals surface area contributed by atoms with E-state index in [9.17, 15) is 9.18 Å². The van der Waals surface area contributed by atoms with Crippen LogP contribution in [-0.4, -0.2) is 10.9 Å². The summed E-state index contributed by atoms with van der Waals surface area (Å²) < 4.78 is 13.9. The predicted octanol–water partition coefficient (Wildman–Crippen LogP) is 4.65. The Bertz CT molecular complexity index is 847. The molecular formula is C15H10ClFN2OS. The highest BCUT2D eigenvalue weighted by Gasteiger charge is 2.11. The second-order valence-electron chi connectivity index (χ2n) is 4.58. The maximum absolute atomic E-state index is 13.2. The first kappa shape index (κ1) is 14.0. The minimum absolute atomic E-state index is 0.250. The lowest BCUT2D eigenvalue weighted by Crippen LogP contribution is -2.10. The van der Waals surface area contributed by atoms with Gasteiger partial charge in [0.25, 0.3) is 5.91 Å². The van der Waals surface area contributed by atoms with E-state index in [-0.39, 0.29) is 11.7 Å². The first-order valence-corrected chi connectivity index (χ1v) is 7.35. The van der Waals surface area contributed by atoms with E-state index in [4.69, 9.17) is 11.6 Å². The lowest BCUT2D eigenvalue weighted by atomic mass is 10.2. The van der Waals surface area contributed by atoms with Crippen molar-refractivity contribution < 1.29 is 9.18 Å². The number of nitrogens with zero attached hydrogens (tertiary/aromatic N) is 1. The van der Waals surface area contributed by atoms with Gasteiger partial charge in [0.2, 0.25) is 0 Å². The lowest BCUT2D eigenvalue weighted by molar-refractivity contribution is 0.103. The van der Waals surface area contributed by atoms with Crippen LogP contribution < -0.4 is 5.32 Å². The van der Waals surface area contributed by atoms with Crippen molar-refractivity contribution in [1.29, 1.82) is 0 Å². The van der Waals surface area contributed by atoms with E-state index in [0.29, 0.717) is 15.7 Å². The fraction of sp³-hybridized carbons (Fsp3) is 0.0667. The van der Waals surface area contributed by atoms with Crippen LogP contribution in [0.25, 0.3) is 10.1 Å². The second kappa shape index (κ2) is 5.42. The largest absolute Gasteiger partial charge is 0.320 e. The normalized spacial score (nSPS) is 10.8.